The maximum atomic E-state index is 12.5. The molecule has 6 heterocycles. The van der Waals surface area contributed by atoms with Gasteiger partial charge in [0.05, 0.1) is 25.4 Å². The van der Waals surface area contributed by atoms with Crippen molar-refractivity contribution in [2.75, 3.05) is 52.6 Å². The monoisotopic (exact) mass is 947 g/mol. The standard InChI is InChI=1S/2C30H36FN3O/c2*1-20-15-26-25-5-2-3-6-27(25)32-28(26)29(34(20)30-16-21(17-30)18-30)22-7-9-23(10-8-22)35-24-11-14-33(19-24)13-4-12-31/h2*2-3,5-10,20-21,24,29,32H,4,11-19H2,1H3/t20-,21?,24+,29-,30?;20-,21?,24-,29-,30?/m11/s1. The topological polar surface area (TPSA) is 63.0 Å². The molecular weight excluding hydrogens is 875 g/mol. The first-order valence-corrected chi connectivity index (χ1v) is 27.1. The molecule has 10 heteroatoms. The van der Waals surface area contributed by atoms with Gasteiger partial charge in [-0.15, -0.1) is 0 Å². The Bertz CT molecular complexity index is 2600. The minimum absolute atomic E-state index is 0.202. The molecule has 0 unspecified atom stereocenters. The van der Waals surface area contributed by atoms with Gasteiger partial charge in [0.1, 0.15) is 23.7 Å². The van der Waals surface area contributed by atoms with E-state index in [1.165, 1.54) is 94.0 Å². The second kappa shape index (κ2) is 18.1. The highest BCUT2D eigenvalue weighted by atomic mass is 19.1. The Balaban J connectivity index is 0.000000137. The number of likely N-dealkylation sites (tertiary alicyclic amines) is 2. The maximum Gasteiger partial charge on any atom is 0.119 e. The number of nitrogens with zero attached hydrogens (tertiary/aromatic N) is 4. The number of para-hydroxylation sites is 2. The average molecular weight is 947 g/mol. The Labute approximate surface area is 413 Å². The number of H-pyrrole nitrogens is 2. The van der Waals surface area contributed by atoms with E-state index in [9.17, 15) is 8.78 Å². The van der Waals surface area contributed by atoms with Crippen LogP contribution in [0.5, 0.6) is 11.5 Å². The number of benzene rings is 4. The van der Waals surface area contributed by atoms with Gasteiger partial charge in [-0.3, -0.25) is 28.4 Å². The van der Waals surface area contributed by atoms with Gasteiger partial charge in [0.25, 0.3) is 0 Å². The van der Waals surface area contributed by atoms with E-state index in [0.29, 0.717) is 36.0 Å². The van der Waals surface area contributed by atoms with Gasteiger partial charge < -0.3 is 19.4 Å². The van der Waals surface area contributed by atoms with E-state index in [2.05, 4.69) is 140 Å². The fourth-order valence-electron chi connectivity index (χ4n) is 15.2. The number of ether oxygens (including phenoxy) is 2. The van der Waals surface area contributed by atoms with Crippen molar-refractivity contribution in [1.82, 2.24) is 29.6 Å². The summed E-state index contributed by atoms with van der Waals surface area (Å²) < 4.78 is 37.7. The molecule has 2 N–H and O–H groups in total. The van der Waals surface area contributed by atoms with Crippen LogP contribution in [0.1, 0.15) is 124 Å². The molecule has 8 nitrogen and oxygen atoms in total. The first-order valence-electron chi connectivity index (χ1n) is 27.1. The van der Waals surface area contributed by atoms with E-state index in [1.54, 1.807) is 0 Å². The van der Waals surface area contributed by atoms with Crippen LogP contribution in [0, 0.1) is 11.8 Å². The molecule has 4 aromatic carbocycles. The third-order valence-corrected chi connectivity index (χ3v) is 18.5. The Morgan fingerprint density at radius 2 is 0.943 bits per heavy atom. The summed E-state index contributed by atoms with van der Waals surface area (Å²) in [5.41, 5.74) is 11.8. The lowest BCUT2D eigenvalue weighted by Gasteiger charge is -2.70. The molecule has 6 atom stereocenters. The molecular formula is C60H72F2N6O2. The molecule has 16 rings (SSSR count). The number of nitrogens with one attached hydrogen (secondary N) is 2. The number of fused-ring (bicyclic) bond motifs is 6. The van der Waals surface area contributed by atoms with Gasteiger partial charge in [0, 0.05) is 95.6 Å². The number of hydrogen-bond acceptors (Lipinski definition) is 6. The van der Waals surface area contributed by atoms with Gasteiger partial charge in [-0.25, -0.2) is 0 Å². The van der Waals surface area contributed by atoms with Gasteiger partial charge in [0.15, 0.2) is 0 Å². The molecule has 2 saturated heterocycles. The summed E-state index contributed by atoms with van der Waals surface area (Å²) in [5, 5.41) is 2.77. The van der Waals surface area contributed by atoms with E-state index < -0.39 is 0 Å². The van der Waals surface area contributed by atoms with Crippen molar-refractivity contribution in [2.24, 2.45) is 11.8 Å². The fraction of sp³-hybridized carbons (Fsp3) is 0.533. The summed E-state index contributed by atoms with van der Waals surface area (Å²) in [6.07, 6.45) is 14.1. The zero-order chi connectivity index (χ0) is 47.1. The Morgan fingerprint density at radius 3 is 1.31 bits per heavy atom. The molecule has 70 heavy (non-hydrogen) atoms. The van der Waals surface area contributed by atoms with Gasteiger partial charge >= 0.3 is 0 Å². The molecule has 10 aliphatic rings. The molecule has 6 aromatic rings. The summed E-state index contributed by atoms with van der Waals surface area (Å²) in [6, 6.07) is 37.0. The minimum Gasteiger partial charge on any atom is -0.489 e. The van der Waals surface area contributed by atoms with Crippen LogP contribution in [0.2, 0.25) is 0 Å². The van der Waals surface area contributed by atoms with Crippen LogP contribution in [0.15, 0.2) is 97.1 Å². The Kier molecular flexibility index (Phi) is 11.7. The number of aromatic amines is 2. The molecule has 8 fully saturated rings. The molecule has 0 spiro atoms. The van der Waals surface area contributed by atoms with Crippen LogP contribution in [0.4, 0.5) is 8.78 Å². The molecule has 4 aliphatic heterocycles. The number of alkyl halides is 2. The van der Waals surface area contributed by atoms with Crippen molar-refractivity contribution in [3.8, 4) is 11.5 Å². The number of hydrogen-bond donors (Lipinski definition) is 2. The predicted octanol–water partition coefficient (Wildman–Crippen LogP) is 11.7. The summed E-state index contributed by atoms with van der Waals surface area (Å²) >= 11 is 0. The molecule has 0 radical (unpaired) electrons. The highest BCUT2D eigenvalue weighted by Gasteiger charge is 2.64. The lowest BCUT2D eigenvalue weighted by molar-refractivity contribution is -0.174. The summed E-state index contributed by atoms with van der Waals surface area (Å²) in [4.78, 5) is 18.0. The SMILES string of the molecule is C[C@@H]1Cc2c([nH]c3ccccc23)[C@@H](c2ccc(O[C@@H]3CCN(CCCF)C3)cc2)N1C12CC(C1)C2.C[C@@H]1Cc2c([nH]c3ccccc23)[C@@H](c2ccc(O[C@H]3CCN(CCCF)C3)cc2)N1C12CC(C1)C2. The van der Waals surface area contributed by atoms with Crippen molar-refractivity contribution in [3.05, 3.63) is 131 Å². The zero-order valence-corrected chi connectivity index (χ0v) is 41.4. The van der Waals surface area contributed by atoms with Crippen LogP contribution in [0.3, 0.4) is 0 Å². The minimum atomic E-state index is -0.236. The lowest BCUT2D eigenvalue weighted by atomic mass is 9.48. The fourth-order valence-corrected chi connectivity index (χ4v) is 15.2. The third-order valence-electron chi connectivity index (χ3n) is 18.5. The van der Waals surface area contributed by atoms with Crippen LogP contribution >= 0.6 is 0 Å². The van der Waals surface area contributed by atoms with Gasteiger partial charge in [0.2, 0.25) is 0 Å². The average Bonchev–Trinajstić information content (AvgIpc) is 4.13. The second-order valence-electron chi connectivity index (χ2n) is 23.1. The van der Waals surface area contributed by atoms with E-state index in [-0.39, 0.29) is 37.6 Å². The van der Waals surface area contributed by atoms with Crippen molar-refractivity contribution in [2.45, 2.75) is 138 Å². The van der Waals surface area contributed by atoms with Crippen LogP contribution in [0.25, 0.3) is 21.8 Å². The van der Waals surface area contributed by atoms with Crippen molar-refractivity contribution >= 4 is 21.8 Å². The van der Waals surface area contributed by atoms with Crippen molar-refractivity contribution < 1.29 is 18.3 Å². The predicted molar refractivity (Wildman–Crippen MR) is 275 cm³/mol. The number of rotatable bonds is 14. The van der Waals surface area contributed by atoms with Crippen LogP contribution < -0.4 is 9.47 Å². The Morgan fingerprint density at radius 1 is 0.543 bits per heavy atom. The molecule has 6 aliphatic carbocycles. The first-order chi connectivity index (χ1) is 34.3. The second-order valence-corrected chi connectivity index (χ2v) is 23.1. The quantitative estimate of drug-likeness (QED) is 0.113. The molecule has 2 aromatic heterocycles. The zero-order valence-electron chi connectivity index (χ0n) is 41.4. The maximum absolute atomic E-state index is 12.5. The summed E-state index contributed by atoms with van der Waals surface area (Å²) in [7, 11) is 0. The van der Waals surface area contributed by atoms with Gasteiger partial charge in [-0.2, -0.15) is 0 Å². The third kappa shape index (κ3) is 7.80. The highest BCUT2D eigenvalue weighted by Crippen LogP contribution is 2.65. The largest absolute Gasteiger partial charge is 0.489 e. The van der Waals surface area contributed by atoms with E-state index in [4.69, 9.17) is 9.47 Å². The molecule has 6 saturated carbocycles. The molecule has 4 bridgehead atoms. The van der Waals surface area contributed by atoms with Crippen LogP contribution in [-0.2, 0) is 12.8 Å². The first kappa shape index (κ1) is 45.1. The van der Waals surface area contributed by atoms with Crippen LogP contribution in [-0.4, -0.2) is 118 Å². The van der Waals surface area contributed by atoms with Gasteiger partial charge in [-0.05, 0) is 161 Å². The summed E-state index contributed by atoms with van der Waals surface area (Å²) in [5.74, 6) is 3.81. The highest BCUT2D eigenvalue weighted by molar-refractivity contribution is 5.86. The van der Waals surface area contributed by atoms with Crippen molar-refractivity contribution in [3.63, 3.8) is 0 Å². The van der Waals surface area contributed by atoms with Crippen molar-refractivity contribution in [1.29, 1.82) is 0 Å². The summed E-state index contributed by atoms with van der Waals surface area (Å²) in [6.45, 7) is 9.87. The Hall–Kier alpha value is -4.74. The molecule has 368 valence electrons. The smallest absolute Gasteiger partial charge is 0.119 e. The van der Waals surface area contributed by atoms with E-state index >= 15 is 0 Å². The number of halogens is 2. The van der Waals surface area contributed by atoms with E-state index in [0.717, 1.165) is 88.3 Å². The molecule has 0 amide bonds. The lowest BCUT2D eigenvalue weighted by Crippen LogP contribution is -2.71. The normalized spacial score (nSPS) is 32.3. The van der Waals surface area contributed by atoms with E-state index in [1.807, 2.05) is 0 Å². The van der Waals surface area contributed by atoms with Gasteiger partial charge in [-0.1, -0.05) is 60.7 Å². The number of aromatic nitrogens is 2.